The third-order valence-electron chi connectivity index (χ3n) is 2.15. The molecule has 0 bridgehead atoms. The second kappa shape index (κ2) is 6.24. The zero-order valence-electron chi connectivity index (χ0n) is 9.57. The molecule has 4 nitrogen and oxygen atoms in total. The maximum atomic E-state index is 12.3. The van der Waals surface area contributed by atoms with Gasteiger partial charge in [0.2, 0.25) is 0 Å². The van der Waals surface area contributed by atoms with Gasteiger partial charge in [0.15, 0.2) is 0 Å². The highest BCUT2D eigenvalue weighted by atomic mass is 19.3. The van der Waals surface area contributed by atoms with Gasteiger partial charge in [-0.15, -0.1) is 0 Å². The van der Waals surface area contributed by atoms with Crippen molar-refractivity contribution < 1.29 is 13.6 Å². The van der Waals surface area contributed by atoms with Gasteiger partial charge >= 0.3 is 0 Å². The van der Waals surface area contributed by atoms with Crippen LogP contribution in [0.3, 0.4) is 0 Å². The number of carbonyl (C=O) groups excluding carboxylic acids is 1. The average molecular weight is 243 g/mol. The lowest BCUT2D eigenvalue weighted by atomic mass is 10.2. The van der Waals surface area contributed by atoms with Gasteiger partial charge in [-0.25, -0.2) is 13.8 Å². The standard InChI is InChI=1S/C11H15F2N3O/c1-8-3-2-4-9(15-8)11(17)16(6-5-14)7-10(12)13/h2-4,10H,5-7,14H2,1H3. The van der Waals surface area contributed by atoms with E-state index in [-0.39, 0.29) is 18.8 Å². The Kier molecular flexibility index (Phi) is 4.96. The van der Waals surface area contributed by atoms with E-state index in [2.05, 4.69) is 4.98 Å². The smallest absolute Gasteiger partial charge is 0.272 e. The Morgan fingerprint density at radius 2 is 2.24 bits per heavy atom. The Morgan fingerprint density at radius 3 is 2.76 bits per heavy atom. The van der Waals surface area contributed by atoms with Gasteiger partial charge < -0.3 is 10.6 Å². The van der Waals surface area contributed by atoms with Crippen molar-refractivity contribution in [1.29, 1.82) is 0 Å². The summed E-state index contributed by atoms with van der Waals surface area (Å²) in [5.74, 6) is -0.514. The van der Waals surface area contributed by atoms with Crippen LogP contribution >= 0.6 is 0 Å². The molecule has 2 N–H and O–H groups in total. The number of hydrogen-bond acceptors (Lipinski definition) is 3. The molecule has 0 saturated carbocycles. The number of carbonyl (C=O) groups is 1. The minimum absolute atomic E-state index is 0.0960. The zero-order valence-corrected chi connectivity index (χ0v) is 9.57. The van der Waals surface area contributed by atoms with Crippen molar-refractivity contribution in [2.24, 2.45) is 5.73 Å². The molecule has 0 atom stereocenters. The molecule has 17 heavy (non-hydrogen) atoms. The van der Waals surface area contributed by atoms with E-state index >= 15 is 0 Å². The van der Waals surface area contributed by atoms with Gasteiger partial charge in [-0.3, -0.25) is 4.79 Å². The highest BCUT2D eigenvalue weighted by Gasteiger charge is 2.19. The van der Waals surface area contributed by atoms with Crippen molar-refractivity contribution in [3.63, 3.8) is 0 Å². The zero-order chi connectivity index (χ0) is 12.8. The third-order valence-corrected chi connectivity index (χ3v) is 2.15. The summed E-state index contributed by atoms with van der Waals surface area (Å²) in [6.45, 7) is 1.35. The number of aryl methyl sites for hydroxylation is 1. The molecule has 1 rings (SSSR count). The van der Waals surface area contributed by atoms with E-state index in [1.807, 2.05) is 0 Å². The van der Waals surface area contributed by atoms with Gasteiger partial charge in [0.05, 0.1) is 6.54 Å². The Morgan fingerprint density at radius 1 is 1.53 bits per heavy atom. The Bertz CT molecular complexity index is 385. The van der Waals surface area contributed by atoms with E-state index in [0.29, 0.717) is 5.69 Å². The summed E-state index contributed by atoms with van der Waals surface area (Å²) in [5.41, 5.74) is 6.12. The topological polar surface area (TPSA) is 59.2 Å². The molecule has 0 saturated heterocycles. The fourth-order valence-electron chi connectivity index (χ4n) is 1.42. The highest BCUT2D eigenvalue weighted by Crippen LogP contribution is 2.06. The fourth-order valence-corrected chi connectivity index (χ4v) is 1.42. The van der Waals surface area contributed by atoms with Gasteiger partial charge in [-0.05, 0) is 19.1 Å². The fraction of sp³-hybridized carbons (Fsp3) is 0.455. The first-order chi connectivity index (χ1) is 8.04. The molecule has 1 aromatic heterocycles. The normalized spacial score (nSPS) is 10.6. The van der Waals surface area contributed by atoms with Crippen LogP contribution in [-0.2, 0) is 0 Å². The summed E-state index contributed by atoms with van der Waals surface area (Å²) in [6, 6.07) is 4.90. The van der Waals surface area contributed by atoms with Crippen LogP contribution in [0.1, 0.15) is 16.2 Å². The first-order valence-corrected chi connectivity index (χ1v) is 5.25. The molecule has 0 aliphatic carbocycles. The average Bonchev–Trinajstić information content (AvgIpc) is 2.27. The Labute approximate surface area is 98.4 Å². The largest absolute Gasteiger partial charge is 0.330 e. The Hall–Kier alpha value is -1.56. The number of rotatable bonds is 5. The van der Waals surface area contributed by atoms with Crippen molar-refractivity contribution in [2.75, 3.05) is 19.6 Å². The van der Waals surface area contributed by atoms with Crippen LogP contribution in [0.15, 0.2) is 18.2 Å². The molecule has 0 aliphatic heterocycles. The van der Waals surface area contributed by atoms with E-state index < -0.39 is 18.9 Å². The molecular weight excluding hydrogens is 228 g/mol. The minimum atomic E-state index is -2.57. The summed E-state index contributed by atoms with van der Waals surface area (Å²) in [5, 5.41) is 0. The van der Waals surface area contributed by atoms with Gasteiger partial charge in [0.25, 0.3) is 12.3 Å². The second-order valence-corrected chi connectivity index (χ2v) is 3.60. The van der Waals surface area contributed by atoms with Crippen molar-refractivity contribution >= 4 is 5.91 Å². The molecule has 1 aromatic rings. The summed E-state index contributed by atoms with van der Waals surface area (Å²) in [7, 11) is 0. The monoisotopic (exact) mass is 243 g/mol. The maximum Gasteiger partial charge on any atom is 0.272 e. The number of hydrogen-bond donors (Lipinski definition) is 1. The maximum absolute atomic E-state index is 12.3. The van der Waals surface area contributed by atoms with Gasteiger partial charge in [0, 0.05) is 18.8 Å². The number of halogens is 2. The molecule has 0 aliphatic rings. The van der Waals surface area contributed by atoms with Crippen molar-refractivity contribution in [1.82, 2.24) is 9.88 Å². The Balaban J connectivity index is 2.83. The molecule has 0 radical (unpaired) electrons. The summed E-state index contributed by atoms with van der Waals surface area (Å²) in [4.78, 5) is 16.9. The number of amides is 1. The van der Waals surface area contributed by atoms with E-state index in [9.17, 15) is 13.6 Å². The number of pyridine rings is 1. The molecule has 6 heteroatoms. The molecule has 0 spiro atoms. The molecule has 1 amide bonds. The van der Waals surface area contributed by atoms with Crippen LogP contribution in [0.25, 0.3) is 0 Å². The summed E-state index contributed by atoms with van der Waals surface area (Å²) < 4.78 is 24.6. The van der Waals surface area contributed by atoms with Crippen LogP contribution in [0.2, 0.25) is 0 Å². The van der Waals surface area contributed by atoms with Gasteiger partial charge in [-0.1, -0.05) is 6.07 Å². The third kappa shape index (κ3) is 4.07. The van der Waals surface area contributed by atoms with Gasteiger partial charge in [0.1, 0.15) is 5.69 Å². The van der Waals surface area contributed by atoms with E-state index in [0.717, 1.165) is 4.90 Å². The van der Waals surface area contributed by atoms with Crippen molar-refractivity contribution in [2.45, 2.75) is 13.3 Å². The number of aromatic nitrogens is 1. The lowest BCUT2D eigenvalue weighted by Gasteiger charge is -2.21. The van der Waals surface area contributed by atoms with Crippen LogP contribution < -0.4 is 5.73 Å². The summed E-state index contributed by atoms with van der Waals surface area (Å²) in [6.07, 6.45) is -2.57. The first kappa shape index (κ1) is 13.5. The van der Waals surface area contributed by atoms with Crippen molar-refractivity contribution in [3.05, 3.63) is 29.6 Å². The number of alkyl halides is 2. The number of nitrogens with two attached hydrogens (primary N) is 1. The molecule has 94 valence electrons. The lowest BCUT2D eigenvalue weighted by Crippen LogP contribution is -2.39. The second-order valence-electron chi connectivity index (χ2n) is 3.60. The van der Waals surface area contributed by atoms with Crippen LogP contribution in [0.5, 0.6) is 0 Å². The SMILES string of the molecule is Cc1cccc(C(=O)N(CCN)CC(F)F)n1. The molecular formula is C11H15F2N3O. The molecule has 0 fully saturated rings. The first-order valence-electron chi connectivity index (χ1n) is 5.25. The van der Waals surface area contributed by atoms with E-state index in [1.165, 1.54) is 6.07 Å². The van der Waals surface area contributed by atoms with Gasteiger partial charge in [-0.2, -0.15) is 0 Å². The molecule has 0 unspecified atom stereocenters. The lowest BCUT2D eigenvalue weighted by molar-refractivity contribution is 0.0558. The predicted molar refractivity (Wildman–Crippen MR) is 59.9 cm³/mol. The van der Waals surface area contributed by atoms with Crippen LogP contribution in [0.4, 0.5) is 8.78 Å². The predicted octanol–water partition coefficient (Wildman–Crippen LogP) is 1.06. The molecule has 1 heterocycles. The quantitative estimate of drug-likeness (QED) is 0.841. The molecule has 0 aromatic carbocycles. The minimum Gasteiger partial charge on any atom is -0.330 e. The van der Waals surface area contributed by atoms with Crippen LogP contribution in [-0.4, -0.2) is 41.9 Å². The van der Waals surface area contributed by atoms with E-state index in [1.54, 1.807) is 19.1 Å². The summed E-state index contributed by atoms with van der Waals surface area (Å²) >= 11 is 0. The highest BCUT2D eigenvalue weighted by molar-refractivity contribution is 5.92. The van der Waals surface area contributed by atoms with Crippen molar-refractivity contribution in [3.8, 4) is 0 Å². The van der Waals surface area contributed by atoms with Crippen LogP contribution in [0, 0.1) is 6.92 Å². The number of nitrogens with zero attached hydrogens (tertiary/aromatic N) is 2. The van der Waals surface area contributed by atoms with E-state index in [4.69, 9.17) is 5.73 Å².